The molecule has 3 rings (SSSR count). The average molecular weight is 398 g/mol. The van der Waals surface area contributed by atoms with Crippen molar-refractivity contribution in [3.63, 3.8) is 0 Å². The fourth-order valence-corrected chi connectivity index (χ4v) is 3.16. The molecule has 2 aromatic heterocycles. The number of amides is 1. The number of nitrogens with zero attached hydrogens (tertiary/aromatic N) is 4. The number of likely N-dealkylation sites (N-methyl/N-ethyl adjacent to an activating group) is 1. The first-order valence-electron chi connectivity index (χ1n) is 9.43. The second kappa shape index (κ2) is 8.68. The normalized spacial score (nSPS) is 12.0. The molecule has 0 N–H and O–H groups in total. The Kier molecular flexibility index (Phi) is 6.06. The molecule has 0 aliphatic rings. The van der Waals surface area contributed by atoms with E-state index in [1.807, 2.05) is 37.3 Å². The van der Waals surface area contributed by atoms with Gasteiger partial charge in [-0.1, -0.05) is 30.3 Å². The van der Waals surface area contributed by atoms with Crippen molar-refractivity contribution in [2.24, 2.45) is 0 Å². The van der Waals surface area contributed by atoms with E-state index in [1.165, 1.54) is 10.9 Å². The van der Waals surface area contributed by atoms with Crippen molar-refractivity contribution in [3.8, 4) is 0 Å². The smallest absolute Gasteiger partial charge is 0.361 e. The van der Waals surface area contributed by atoms with Crippen molar-refractivity contribution in [2.45, 2.75) is 33.2 Å². The van der Waals surface area contributed by atoms with Gasteiger partial charge in [-0.2, -0.15) is 0 Å². The van der Waals surface area contributed by atoms with Crippen LogP contribution in [0.2, 0.25) is 0 Å². The third-order valence-corrected chi connectivity index (χ3v) is 4.55. The van der Waals surface area contributed by atoms with Gasteiger partial charge in [-0.25, -0.2) is 9.78 Å². The average Bonchev–Trinajstić information content (AvgIpc) is 3.17. The van der Waals surface area contributed by atoms with Crippen LogP contribution in [0, 0.1) is 0 Å². The molecule has 1 amide bonds. The molecule has 3 aromatic rings. The number of hydrogen-bond acceptors (Lipinski definition) is 7. The van der Waals surface area contributed by atoms with Gasteiger partial charge < -0.3 is 14.2 Å². The first-order valence-corrected chi connectivity index (χ1v) is 9.43. The molecular formula is C20H22N4O5. The molecule has 0 unspecified atom stereocenters. The number of para-hydroxylation sites is 1. The van der Waals surface area contributed by atoms with Crippen molar-refractivity contribution < 1.29 is 18.8 Å². The first-order chi connectivity index (χ1) is 14.0. The van der Waals surface area contributed by atoms with E-state index in [1.54, 1.807) is 18.7 Å². The molecule has 0 aliphatic carbocycles. The summed E-state index contributed by atoms with van der Waals surface area (Å²) in [7, 11) is 0. The van der Waals surface area contributed by atoms with Gasteiger partial charge in [-0.15, -0.1) is 0 Å². The van der Waals surface area contributed by atoms with E-state index in [-0.39, 0.29) is 29.3 Å². The van der Waals surface area contributed by atoms with Gasteiger partial charge in [0.25, 0.3) is 11.3 Å². The monoisotopic (exact) mass is 398 g/mol. The topological polar surface area (TPSA) is 108 Å². The molecule has 0 saturated heterocycles. The zero-order valence-electron chi connectivity index (χ0n) is 16.5. The molecule has 9 heteroatoms. The number of benzene rings is 1. The van der Waals surface area contributed by atoms with Gasteiger partial charge in [0.15, 0.2) is 0 Å². The summed E-state index contributed by atoms with van der Waals surface area (Å²) >= 11 is 0. The van der Waals surface area contributed by atoms with Gasteiger partial charge in [0.05, 0.1) is 6.61 Å². The van der Waals surface area contributed by atoms with Crippen LogP contribution in [0.15, 0.2) is 46.0 Å². The predicted molar refractivity (Wildman–Crippen MR) is 106 cm³/mol. The maximum atomic E-state index is 13.3. The molecule has 1 atom stereocenters. The number of ether oxygens (including phenoxy) is 1. The van der Waals surface area contributed by atoms with E-state index in [4.69, 9.17) is 9.26 Å². The lowest BCUT2D eigenvalue weighted by Crippen LogP contribution is -2.40. The molecule has 0 radical (unpaired) electrons. The summed E-state index contributed by atoms with van der Waals surface area (Å²) in [6.45, 7) is 5.87. The minimum atomic E-state index is -0.801. The maximum Gasteiger partial charge on any atom is 0.361 e. The molecule has 29 heavy (non-hydrogen) atoms. The summed E-state index contributed by atoms with van der Waals surface area (Å²) in [6, 6.07) is 8.41. The molecule has 2 heterocycles. The second-order valence-electron chi connectivity index (χ2n) is 6.23. The Hall–Kier alpha value is -3.49. The minimum Gasteiger partial charge on any atom is -0.461 e. The highest BCUT2D eigenvalue weighted by Crippen LogP contribution is 2.21. The number of hydrogen-bond donors (Lipinski definition) is 0. The van der Waals surface area contributed by atoms with Gasteiger partial charge in [-0.3, -0.25) is 14.2 Å². The fraction of sp³-hybridized carbons (Fsp3) is 0.350. The van der Waals surface area contributed by atoms with Gasteiger partial charge in [0.1, 0.15) is 17.8 Å². The van der Waals surface area contributed by atoms with Crippen LogP contribution in [0.3, 0.4) is 0 Å². The molecule has 0 bridgehead atoms. The Morgan fingerprint density at radius 1 is 1.21 bits per heavy atom. The highest BCUT2D eigenvalue weighted by molar-refractivity contribution is 6.00. The van der Waals surface area contributed by atoms with Crippen molar-refractivity contribution in [1.29, 1.82) is 0 Å². The molecule has 0 aliphatic heterocycles. The quantitative estimate of drug-likeness (QED) is 0.563. The van der Waals surface area contributed by atoms with E-state index in [9.17, 15) is 14.4 Å². The molecule has 0 fully saturated rings. The lowest BCUT2D eigenvalue weighted by atomic mass is 10.1. The van der Waals surface area contributed by atoms with Crippen LogP contribution in [0.5, 0.6) is 0 Å². The molecule has 0 saturated carbocycles. The second-order valence-corrected chi connectivity index (χ2v) is 6.23. The van der Waals surface area contributed by atoms with E-state index in [2.05, 4.69) is 10.1 Å². The fourth-order valence-electron chi connectivity index (χ4n) is 3.16. The first kappa shape index (κ1) is 20.2. The van der Waals surface area contributed by atoms with E-state index in [0.717, 1.165) is 5.69 Å². The van der Waals surface area contributed by atoms with Crippen LogP contribution < -0.4 is 10.5 Å². The summed E-state index contributed by atoms with van der Waals surface area (Å²) < 4.78 is 11.1. The zero-order valence-corrected chi connectivity index (χ0v) is 16.5. The molecule has 152 valence electrons. The van der Waals surface area contributed by atoms with Crippen LogP contribution >= 0.6 is 0 Å². The maximum absolute atomic E-state index is 13.3. The van der Waals surface area contributed by atoms with Gasteiger partial charge in [-0.05, 0) is 32.4 Å². The van der Waals surface area contributed by atoms with Crippen molar-refractivity contribution in [3.05, 3.63) is 52.7 Å². The highest BCUT2D eigenvalue weighted by atomic mass is 16.5. The van der Waals surface area contributed by atoms with Gasteiger partial charge >= 0.3 is 5.97 Å². The standard InChI is InChI=1S/C20H22N4O5/c1-4-14(18(25)23(5-2)13-10-8-7-9-11-13)24-12-21-17-15(19(24)26)16(22-29-17)20(27)28-6-3/h7-12,14H,4-6H2,1-3H3/t14-/m0/s1. The van der Waals surface area contributed by atoms with Crippen LogP contribution in [-0.2, 0) is 9.53 Å². The van der Waals surface area contributed by atoms with E-state index in [0.29, 0.717) is 13.0 Å². The summed E-state index contributed by atoms with van der Waals surface area (Å²) in [6.07, 6.45) is 1.60. The predicted octanol–water partition coefficient (Wildman–Crippen LogP) is 2.57. The minimum absolute atomic E-state index is 0.0768. The SMILES string of the molecule is CCOC(=O)c1noc2ncn([C@@H](CC)C(=O)N(CC)c3ccccc3)c(=O)c12. The molecule has 9 nitrogen and oxygen atoms in total. The number of esters is 1. The number of fused-ring (bicyclic) bond motifs is 1. The van der Waals surface area contributed by atoms with Crippen LogP contribution in [-0.4, -0.2) is 39.7 Å². The molecule has 1 aromatic carbocycles. The summed E-state index contributed by atoms with van der Waals surface area (Å²) in [5.41, 5.74) is -0.167. The van der Waals surface area contributed by atoms with Crippen LogP contribution in [0.1, 0.15) is 43.7 Å². The lowest BCUT2D eigenvalue weighted by molar-refractivity contribution is -0.121. The van der Waals surface area contributed by atoms with Crippen molar-refractivity contribution in [2.75, 3.05) is 18.1 Å². The summed E-state index contributed by atoms with van der Waals surface area (Å²) in [5.74, 6) is -1.03. The third-order valence-electron chi connectivity index (χ3n) is 4.55. The Balaban J connectivity index is 2.06. The van der Waals surface area contributed by atoms with E-state index < -0.39 is 17.6 Å². The summed E-state index contributed by atoms with van der Waals surface area (Å²) in [4.78, 5) is 44.1. The van der Waals surface area contributed by atoms with Gasteiger partial charge in [0, 0.05) is 12.2 Å². The van der Waals surface area contributed by atoms with Crippen molar-refractivity contribution in [1.82, 2.24) is 14.7 Å². The molecular weight excluding hydrogens is 376 g/mol. The third kappa shape index (κ3) is 3.75. The summed E-state index contributed by atoms with van der Waals surface area (Å²) in [5, 5.41) is 3.53. The van der Waals surface area contributed by atoms with Crippen molar-refractivity contribution >= 4 is 28.7 Å². The molecule has 0 spiro atoms. The number of carbonyl (C=O) groups excluding carboxylic acids is 2. The Morgan fingerprint density at radius 2 is 1.93 bits per heavy atom. The lowest BCUT2D eigenvalue weighted by Gasteiger charge is -2.26. The number of aromatic nitrogens is 3. The number of anilines is 1. The number of carbonyl (C=O) groups is 2. The Bertz CT molecular complexity index is 1070. The zero-order chi connectivity index (χ0) is 21.0. The highest BCUT2D eigenvalue weighted by Gasteiger charge is 2.29. The Labute approximate surface area is 166 Å². The number of rotatable bonds is 7. The largest absolute Gasteiger partial charge is 0.461 e. The Morgan fingerprint density at radius 3 is 2.55 bits per heavy atom. The van der Waals surface area contributed by atoms with Crippen LogP contribution in [0.25, 0.3) is 11.1 Å². The van der Waals surface area contributed by atoms with Gasteiger partial charge in [0.2, 0.25) is 11.6 Å². The van der Waals surface area contributed by atoms with Crippen LogP contribution in [0.4, 0.5) is 5.69 Å². The van der Waals surface area contributed by atoms with E-state index >= 15 is 0 Å².